The van der Waals surface area contributed by atoms with Crippen LogP contribution < -0.4 is 0 Å². The minimum atomic E-state index is 0.132. The van der Waals surface area contributed by atoms with E-state index >= 15 is 0 Å². The normalized spacial score (nSPS) is 21.4. The summed E-state index contributed by atoms with van der Waals surface area (Å²) >= 11 is 0. The highest BCUT2D eigenvalue weighted by molar-refractivity contribution is 5.81. The van der Waals surface area contributed by atoms with Gasteiger partial charge in [0.15, 0.2) is 6.23 Å². The van der Waals surface area contributed by atoms with Gasteiger partial charge in [0, 0.05) is 12.0 Å². The maximum atomic E-state index is 5.79. The standard InChI is InChI=1S/C13H16N2O/c1-10-5-4-6-11-9-14-15(13(10)11)12-7-2-3-8-16-12/h4-6,9,12H,2-3,7-8H2,1H3. The fraction of sp³-hybridized carbons (Fsp3) is 0.462. The molecule has 1 atom stereocenters. The molecule has 0 radical (unpaired) electrons. The first-order valence-corrected chi connectivity index (χ1v) is 5.91. The lowest BCUT2D eigenvalue weighted by atomic mass is 10.1. The molecule has 1 saturated heterocycles. The van der Waals surface area contributed by atoms with Gasteiger partial charge >= 0.3 is 0 Å². The molecule has 0 aliphatic carbocycles. The van der Waals surface area contributed by atoms with Crippen molar-refractivity contribution in [2.45, 2.75) is 32.4 Å². The number of fused-ring (bicyclic) bond motifs is 1. The van der Waals surface area contributed by atoms with Crippen LogP contribution in [0.25, 0.3) is 10.9 Å². The molecule has 1 aliphatic heterocycles. The zero-order chi connectivity index (χ0) is 11.0. The summed E-state index contributed by atoms with van der Waals surface area (Å²) < 4.78 is 7.83. The zero-order valence-corrected chi connectivity index (χ0v) is 9.52. The number of hydrogen-bond acceptors (Lipinski definition) is 2. The van der Waals surface area contributed by atoms with Crippen LogP contribution in [0.1, 0.15) is 31.1 Å². The van der Waals surface area contributed by atoms with Crippen molar-refractivity contribution in [1.82, 2.24) is 9.78 Å². The molecule has 3 heteroatoms. The van der Waals surface area contributed by atoms with Crippen LogP contribution in [0, 0.1) is 6.92 Å². The summed E-state index contributed by atoms with van der Waals surface area (Å²) in [6.45, 7) is 2.99. The van der Waals surface area contributed by atoms with E-state index in [0.29, 0.717) is 0 Å². The van der Waals surface area contributed by atoms with Gasteiger partial charge in [-0.2, -0.15) is 5.10 Å². The van der Waals surface area contributed by atoms with Gasteiger partial charge in [0.05, 0.1) is 11.7 Å². The summed E-state index contributed by atoms with van der Waals surface area (Å²) in [5.74, 6) is 0. The maximum absolute atomic E-state index is 5.79. The molecular weight excluding hydrogens is 200 g/mol. The molecule has 0 spiro atoms. The van der Waals surface area contributed by atoms with Crippen LogP contribution in [0.2, 0.25) is 0 Å². The fourth-order valence-corrected chi connectivity index (χ4v) is 2.42. The van der Waals surface area contributed by atoms with Crippen LogP contribution >= 0.6 is 0 Å². The van der Waals surface area contributed by atoms with E-state index in [1.54, 1.807) is 0 Å². The monoisotopic (exact) mass is 216 g/mol. The number of nitrogens with zero attached hydrogens (tertiary/aromatic N) is 2. The molecule has 3 rings (SSSR count). The first kappa shape index (κ1) is 9.85. The highest BCUT2D eigenvalue weighted by Crippen LogP contribution is 2.27. The van der Waals surface area contributed by atoms with Crippen molar-refractivity contribution in [3.63, 3.8) is 0 Å². The Labute approximate surface area is 95.0 Å². The third-order valence-electron chi connectivity index (χ3n) is 3.25. The SMILES string of the molecule is Cc1cccc2cnn(C3CCCCO3)c12. The number of aromatic nitrogens is 2. The van der Waals surface area contributed by atoms with Gasteiger partial charge < -0.3 is 4.74 Å². The van der Waals surface area contributed by atoms with Crippen LogP contribution in [0.3, 0.4) is 0 Å². The van der Waals surface area contributed by atoms with Crippen molar-refractivity contribution >= 4 is 10.9 Å². The molecule has 2 aromatic rings. The van der Waals surface area contributed by atoms with Crippen molar-refractivity contribution < 1.29 is 4.74 Å². The fourth-order valence-electron chi connectivity index (χ4n) is 2.42. The van der Waals surface area contributed by atoms with Crippen LogP contribution in [0.5, 0.6) is 0 Å². The van der Waals surface area contributed by atoms with Crippen molar-refractivity contribution in [2.24, 2.45) is 0 Å². The van der Waals surface area contributed by atoms with E-state index in [-0.39, 0.29) is 6.23 Å². The molecule has 0 amide bonds. The van der Waals surface area contributed by atoms with Crippen molar-refractivity contribution in [3.05, 3.63) is 30.0 Å². The van der Waals surface area contributed by atoms with E-state index in [9.17, 15) is 0 Å². The molecular formula is C13H16N2O. The number of para-hydroxylation sites is 1. The molecule has 1 aliphatic rings. The molecule has 0 bridgehead atoms. The number of rotatable bonds is 1. The van der Waals surface area contributed by atoms with Gasteiger partial charge in [-0.3, -0.25) is 0 Å². The van der Waals surface area contributed by atoms with E-state index in [0.717, 1.165) is 13.0 Å². The van der Waals surface area contributed by atoms with Gasteiger partial charge in [0.25, 0.3) is 0 Å². The quantitative estimate of drug-likeness (QED) is 0.732. The van der Waals surface area contributed by atoms with E-state index in [4.69, 9.17) is 4.74 Å². The van der Waals surface area contributed by atoms with E-state index in [2.05, 4.69) is 30.2 Å². The summed E-state index contributed by atoms with van der Waals surface area (Å²) in [4.78, 5) is 0. The van der Waals surface area contributed by atoms with Gasteiger partial charge in [0.1, 0.15) is 0 Å². The summed E-state index contributed by atoms with van der Waals surface area (Å²) in [7, 11) is 0. The molecule has 1 aromatic carbocycles. The Kier molecular flexibility index (Phi) is 2.40. The summed E-state index contributed by atoms with van der Waals surface area (Å²) in [6, 6.07) is 6.31. The van der Waals surface area contributed by atoms with Crippen LogP contribution in [-0.2, 0) is 4.74 Å². The highest BCUT2D eigenvalue weighted by Gasteiger charge is 2.18. The van der Waals surface area contributed by atoms with Crippen molar-refractivity contribution in [3.8, 4) is 0 Å². The first-order chi connectivity index (χ1) is 7.86. The van der Waals surface area contributed by atoms with E-state index in [1.807, 2.05) is 10.9 Å². The Morgan fingerprint density at radius 1 is 1.38 bits per heavy atom. The Morgan fingerprint density at radius 2 is 2.31 bits per heavy atom. The summed E-state index contributed by atoms with van der Waals surface area (Å²) in [5, 5.41) is 5.67. The van der Waals surface area contributed by atoms with Gasteiger partial charge in [-0.15, -0.1) is 0 Å². The third-order valence-corrected chi connectivity index (χ3v) is 3.25. The van der Waals surface area contributed by atoms with E-state index in [1.165, 1.54) is 29.3 Å². The predicted molar refractivity (Wildman–Crippen MR) is 63.3 cm³/mol. The molecule has 1 fully saturated rings. The average molecular weight is 216 g/mol. The van der Waals surface area contributed by atoms with Crippen LogP contribution in [-0.4, -0.2) is 16.4 Å². The van der Waals surface area contributed by atoms with E-state index < -0.39 is 0 Å². The lowest BCUT2D eigenvalue weighted by Gasteiger charge is -2.23. The Morgan fingerprint density at radius 3 is 3.12 bits per heavy atom. The molecule has 16 heavy (non-hydrogen) atoms. The maximum Gasteiger partial charge on any atom is 0.150 e. The Hall–Kier alpha value is -1.35. The Bertz CT molecular complexity index is 498. The molecule has 1 unspecified atom stereocenters. The summed E-state index contributed by atoms with van der Waals surface area (Å²) in [5.41, 5.74) is 2.48. The minimum Gasteiger partial charge on any atom is -0.356 e. The lowest BCUT2D eigenvalue weighted by Crippen LogP contribution is -2.19. The lowest BCUT2D eigenvalue weighted by molar-refractivity contribution is -0.0367. The van der Waals surface area contributed by atoms with Crippen molar-refractivity contribution in [2.75, 3.05) is 6.61 Å². The number of aryl methyl sites for hydroxylation is 1. The number of ether oxygens (including phenoxy) is 1. The second-order valence-corrected chi connectivity index (χ2v) is 4.42. The predicted octanol–water partition coefficient (Wildman–Crippen LogP) is 3.04. The van der Waals surface area contributed by atoms with Gasteiger partial charge in [-0.25, -0.2) is 4.68 Å². The number of hydrogen-bond donors (Lipinski definition) is 0. The van der Waals surface area contributed by atoms with Crippen LogP contribution in [0.15, 0.2) is 24.4 Å². The average Bonchev–Trinajstić information content (AvgIpc) is 2.75. The van der Waals surface area contributed by atoms with Gasteiger partial charge in [-0.1, -0.05) is 18.2 Å². The van der Waals surface area contributed by atoms with Gasteiger partial charge in [0.2, 0.25) is 0 Å². The smallest absolute Gasteiger partial charge is 0.150 e. The van der Waals surface area contributed by atoms with Crippen LogP contribution in [0.4, 0.5) is 0 Å². The topological polar surface area (TPSA) is 27.1 Å². The molecule has 1 aromatic heterocycles. The first-order valence-electron chi connectivity index (χ1n) is 5.91. The molecule has 84 valence electrons. The van der Waals surface area contributed by atoms with Crippen molar-refractivity contribution in [1.29, 1.82) is 0 Å². The summed E-state index contributed by atoms with van der Waals surface area (Å²) in [6.07, 6.45) is 5.55. The largest absolute Gasteiger partial charge is 0.356 e. The Balaban J connectivity index is 2.09. The minimum absolute atomic E-state index is 0.132. The molecule has 3 nitrogen and oxygen atoms in total. The second-order valence-electron chi connectivity index (χ2n) is 4.42. The molecule has 0 N–H and O–H groups in total. The zero-order valence-electron chi connectivity index (χ0n) is 9.52. The third kappa shape index (κ3) is 1.52. The highest BCUT2D eigenvalue weighted by atomic mass is 16.5. The second kappa shape index (κ2) is 3.91. The molecule has 0 saturated carbocycles. The molecule has 2 heterocycles. The number of benzene rings is 1. The van der Waals surface area contributed by atoms with Gasteiger partial charge in [-0.05, 0) is 31.7 Å².